The Hall–Kier alpha value is -1.11. The first-order valence-electron chi connectivity index (χ1n) is 13.7. The van der Waals surface area contributed by atoms with E-state index in [2.05, 4.69) is 12.2 Å². The van der Waals surface area contributed by atoms with E-state index < -0.39 is 96.8 Å². The van der Waals surface area contributed by atoms with Gasteiger partial charge in [0.25, 0.3) is 0 Å². The number of thioether (sulfide) groups is 1. The minimum atomic E-state index is -2.40. The molecule has 15 heteroatoms. The fourth-order valence-electron chi connectivity index (χ4n) is 4.88. The van der Waals surface area contributed by atoms with Crippen LogP contribution < -0.4 is 5.32 Å². The number of hydrogen-bond donors (Lipinski definition) is 9. The highest BCUT2D eigenvalue weighted by Crippen LogP contribution is 2.46. The fraction of sp³-hybridized carbons (Fsp3) is 0.920. The zero-order valence-corrected chi connectivity index (χ0v) is 23.7. The summed E-state index contributed by atoms with van der Waals surface area (Å²) in [7, 11) is 0. The van der Waals surface area contributed by atoms with Gasteiger partial charge in [-0.05, 0) is 6.42 Å². The van der Waals surface area contributed by atoms with E-state index in [4.69, 9.17) is 14.2 Å². The zero-order valence-electron chi connectivity index (χ0n) is 22.9. The third kappa shape index (κ3) is 8.94. The molecule has 2 aliphatic heterocycles. The molecule has 0 aliphatic carbocycles. The van der Waals surface area contributed by atoms with Gasteiger partial charge < -0.3 is 60.4 Å². The van der Waals surface area contributed by atoms with Crippen LogP contribution in [-0.2, 0) is 23.8 Å². The second-order valence-corrected chi connectivity index (χ2v) is 11.7. The van der Waals surface area contributed by atoms with Gasteiger partial charge in [-0.1, -0.05) is 39.0 Å². The van der Waals surface area contributed by atoms with E-state index in [0.717, 1.165) is 39.0 Å². The molecule has 234 valence electrons. The Morgan fingerprint density at radius 3 is 2.30 bits per heavy atom. The summed E-state index contributed by atoms with van der Waals surface area (Å²) in [6.45, 7) is 1.86. The van der Waals surface area contributed by atoms with Crippen LogP contribution in [0, 0.1) is 0 Å². The molecule has 0 aromatic carbocycles. The average Bonchev–Trinajstić information content (AvgIpc) is 2.91. The molecule has 0 spiro atoms. The molecule has 2 aliphatic rings. The van der Waals surface area contributed by atoms with E-state index in [-0.39, 0.29) is 6.61 Å². The van der Waals surface area contributed by atoms with Gasteiger partial charge in [0.1, 0.15) is 30.5 Å². The van der Waals surface area contributed by atoms with Crippen LogP contribution >= 0.6 is 11.8 Å². The van der Waals surface area contributed by atoms with Gasteiger partial charge in [0, 0.05) is 20.0 Å². The molecule has 0 unspecified atom stereocenters. The SMILES string of the molecule is CCCCCCCCO[C@@H]1O[C@H](CO)[C@H](O)[C@H](S[C@]2(C(=O)O)C[C@H](O)[C@@H](NC(C)=O)[C@H]([C@H](O)[C@H](O)CO)O2)[C@H]1O. The van der Waals surface area contributed by atoms with Crippen LogP contribution in [0.2, 0.25) is 0 Å². The Morgan fingerprint density at radius 2 is 1.73 bits per heavy atom. The van der Waals surface area contributed by atoms with Gasteiger partial charge in [-0.15, -0.1) is 11.8 Å². The molecule has 0 bridgehead atoms. The molecule has 0 radical (unpaired) electrons. The van der Waals surface area contributed by atoms with E-state index in [1.54, 1.807) is 0 Å². The van der Waals surface area contributed by atoms with Crippen molar-refractivity contribution in [3.8, 4) is 0 Å². The van der Waals surface area contributed by atoms with Crippen LogP contribution in [0.3, 0.4) is 0 Å². The zero-order chi connectivity index (χ0) is 30.0. The molecule has 2 fully saturated rings. The first kappa shape index (κ1) is 35.1. The van der Waals surface area contributed by atoms with Crippen molar-refractivity contribution in [3.63, 3.8) is 0 Å². The summed E-state index contributed by atoms with van der Waals surface area (Å²) in [5.74, 6) is -2.27. The number of aliphatic hydroxyl groups is 7. The number of nitrogens with one attached hydrogen (secondary N) is 1. The second-order valence-electron chi connectivity index (χ2n) is 10.3. The number of carbonyl (C=O) groups is 2. The van der Waals surface area contributed by atoms with E-state index in [1.165, 1.54) is 0 Å². The largest absolute Gasteiger partial charge is 0.478 e. The fourth-order valence-corrected chi connectivity index (χ4v) is 6.44. The van der Waals surface area contributed by atoms with Crippen molar-refractivity contribution in [3.05, 3.63) is 0 Å². The van der Waals surface area contributed by atoms with Crippen LogP contribution in [0.1, 0.15) is 58.8 Å². The minimum Gasteiger partial charge on any atom is -0.478 e. The maximum atomic E-state index is 12.6. The molecule has 1 amide bonds. The van der Waals surface area contributed by atoms with Gasteiger partial charge in [-0.3, -0.25) is 4.79 Å². The number of amides is 1. The predicted molar refractivity (Wildman–Crippen MR) is 141 cm³/mol. The van der Waals surface area contributed by atoms with Crippen molar-refractivity contribution in [2.75, 3.05) is 19.8 Å². The molecule has 14 nitrogen and oxygen atoms in total. The summed E-state index contributed by atoms with van der Waals surface area (Å²) in [5.41, 5.74) is 0. The minimum absolute atomic E-state index is 0.213. The first-order valence-corrected chi connectivity index (χ1v) is 14.6. The van der Waals surface area contributed by atoms with Crippen LogP contribution in [0.15, 0.2) is 0 Å². The second kappa shape index (κ2) is 16.5. The predicted octanol–water partition coefficient (Wildman–Crippen LogP) is -1.95. The maximum absolute atomic E-state index is 12.6. The lowest BCUT2D eigenvalue weighted by atomic mass is 9.89. The summed E-state index contributed by atoms with van der Waals surface area (Å²) in [5, 5.41) is 83.7. The molecule has 9 N–H and O–H groups in total. The number of carbonyl (C=O) groups excluding carboxylic acids is 1. The van der Waals surface area contributed by atoms with Crippen LogP contribution in [0.4, 0.5) is 0 Å². The lowest BCUT2D eigenvalue weighted by molar-refractivity contribution is -0.267. The third-order valence-corrected chi connectivity index (χ3v) is 8.76. The van der Waals surface area contributed by atoms with Crippen molar-refractivity contribution in [1.29, 1.82) is 0 Å². The summed E-state index contributed by atoms with van der Waals surface area (Å²) in [6, 6.07) is -1.36. The molecular weight excluding hydrogens is 554 g/mol. The summed E-state index contributed by atoms with van der Waals surface area (Å²) in [6.07, 6.45) is -7.52. The highest BCUT2D eigenvalue weighted by atomic mass is 32.2. The van der Waals surface area contributed by atoms with E-state index in [1.807, 2.05) is 0 Å². The molecular formula is C25H45NO13S. The van der Waals surface area contributed by atoms with E-state index >= 15 is 0 Å². The standard InChI is InChI=1S/C25H45NO13S/c1-3-4-5-6-7-8-9-37-23-20(34)22(19(33)16(12-28)38-23)40-25(24(35)36)10-14(30)17(26-13(2)29)21(39-25)18(32)15(31)11-27/h14-23,27-28,30-34H,3-12H2,1-2H3,(H,26,29)(H,35,36)/t14-,15+,16+,17+,18+,19-,20+,21+,22-,23+,25-/m0/s1. The smallest absolute Gasteiger partial charge is 0.346 e. The van der Waals surface area contributed by atoms with Gasteiger partial charge in [-0.2, -0.15) is 0 Å². The highest BCUT2D eigenvalue weighted by molar-refractivity contribution is 8.01. The van der Waals surface area contributed by atoms with Crippen molar-refractivity contribution in [1.82, 2.24) is 5.32 Å². The maximum Gasteiger partial charge on any atom is 0.346 e. The Kier molecular flexibility index (Phi) is 14.5. The molecule has 0 saturated carbocycles. The van der Waals surface area contributed by atoms with Gasteiger partial charge in [0.05, 0.1) is 36.7 Å². The topological polar surface area (TPSA) is 236 Å². The quantitative estimate of drug-likeness (QED) is 0.0878. The van der Waals surface area contributed by atoms with Gasteiger partial charge in [0.15, 0.2) is 6.29 Å². The van der Waals surface area contributed by atoms with E-state index in [0.29, 0.717) is 18.2 Å². The van der Waals surface area contributed by atoms with Crippen molar-refractivity contribution in [2.24, 2.45) is 0 Å². The Labute approximate surface area is 237 Å². The van der Waals surface area contributed by atoms with E-state index in [9.17, 15) is 50.4 Å². The number of aliphatic carboxylic acids is 1. The van der Waals surface area contributed by atoms with Gasteiger partial charge >= 0.3 is 5.97 Å². The lowest BCUT2D eigenvalue weighted by Gasteiger charge is -2.49. The third-order valence-electron chi connectivity index (χ3n) is 7.11. The number of carboxylic acids is 1. The molecule has 0 aromatic rings. The van der Waals surface area contributed by atoms with Crippen molar-refractivity contribution < 1.29 is 64.7 Å². The molecule has 11 atom stereocenters. The van der Waals surface area contributed by atoms with Crippen molar-refractivity contribution in [2.45, 2.75) is 124 Å². The summed E-state index contributed by atoms with van der Waals surface area (Å²) in [4.78, 5) is 21.9. The number of rotatable bonds is 16. The highest BCUT2D eigenvalue weighted by Gasteiger charge is 2.58. The molecule has 40 heavy (non-hydrogen) atoms. The van der Waals surface area contributed by atoms with Gasteiger partial charge in [0.2, 0.25) is 10.8 Å². The normalized spacial score (nSPS) is 36.1. The first-order chi connectivity index (χ1) is 18.9. The number of ether oxygens (including phenoxy) is 3. The molecule has 0 aromatic heterocycles. The molecule has 2 heterocycles. The number of aliphatic hydroxyl groups excluding tert-OH is 7. The molecule has 2 rings (SSSR count). The Balaban J connectivity index is 2.27. The van der Waals surface area contributed by atoms with Crippen LogP contribution in [-0.4, -0.2) is 138 Å². The van der Waals surface area contributed by atoms with Crippen LogP contribution in [0.25, 0.3) is 0 Å². The number of hydrogen-bond acceptors (Lipinski definition) is 13. The Morgan fingerprint density at radius 1 is 1.07 bits per heavy atom. The summed E-state index contributed by atoms with van der Waals surface area (Å²) >= 11 is 0.433. The van der Waals surface area contributed by atoms with Gasteiger partial charge in [-0.25, -0.2) is 4.79 Å². The van der Waals surface area contributed by atoms with Crippen LogP contribution in [0.5, 0.6) is 0 Å². The number of unbranched alkanes of at least 4 members (excludes halogenated alkanes) is 5. The van der Waals surface area contributed by atoms with Crippen molar-refractivity contribution >= 4 is 23.6 Å². The lowest BCUT2D eigenvalue weighted by Crippen LogP contribution is -2.67. The average molecular weight is 600 g/mol. The monoisotopic (exact) mass is 599 g/mol. The Bertz CT molecular complexity index is 794. The number of carboxylic acid groups (broad SMARTS) is 1. The summed E-state index contributed by atoms with van der Waals surface area (Å²) < 4.78 is 17.0. The molecule has 2 saturated heterocycles.